The van der Waals surface area contributed by atoms with Crippen LogP contribution in [0.25, 0.3) is 0 Å². The molecule has 7 heteroatoms. The number of benzene rings is 1. The lowest BCUT2D eigenvalue weighted by Crippen LogP contribution is -2.33. The molecular formula is C13H13Cl2N3O2. The first-order valence-electron chi connectivity index (χ1n) is 6.18. The minimum atomic E-state index is -0.837. The van der Waals surface area contributed by atoms with E-state index in [1.165, 1.54) is 0 Å². The molecular weight excluding hydrogens is 301 g/mol. The van der Waals surface area contributed by atoms with Crippen LogP contribution in [-0.4, -0.2) is 17.5 Å². The minimum absolute atomic E-state index is 0.192. The molecule has 20 heavy (non-hydrogen) atoms. The lowest BCUT2D eigenvalue weighted by molar-refractivity contribution is -0.136. The average molecular weight is 314 g/mol. The van der Waals surface area contributed by atoms with Crippen LogP contribution in [0.5, 0.6) is 0 Å². The van der Waals surface area contributed by atoms with E-state index < -0.39 is 11.8 Å². The summed E-state index contributed by atoms with van der Waals surface area (Å²) in [6, 6.07) is 4.77. The van der Waals surface area contributed by atoms with E-state index in [4.69, 9.17) is 23.2 Å². The molecule has 1 aliphatic rings. The van der Waals surface area contributed by atoms with E-state index in [2.05, 4.69) is 15.8 Å². The van der Waals surface area contributed by atoms with Gasteiger partial charge in [0.2, 0.25) is 0 Å². The molecule has 106 valence electrons. The molecule has 0 spiro atoms. The Morgan fingerprint density at radius 2 is 1.80 bits per heavy atom. The third-order valence-electron chi connectivity index (χ3n) is 2.90. The molecule has 0 bridgehead atoms. The largest absolute Gasteiger partial charge is 0.329 e. The third kappa shape index (κ3) is 3.71. The molecule has 1 aromatic carbocycles. The van der Waals surface area contributed by atoms with Crippen molar-refractivity contribution in [2.24, 2.45) is 5.10 Å². The van der Waals surface area contributed by atoms with Gasteiger partial charge in [-0.3, -0.25) is 9.59 Å². The molecule has 0 atom stereocenters. The maximum absolute atomic E-state index is 11.7. The van der Waals surface area contributed by atoms with Gasteiger partial charge in [-0.1, -0.05) is 29.3 Å². The zero-order valence-electron chi connectivity index (χ0n) is 10.6. The van der Waals surface area contributed by atoms with E-state index in [-0.39, 0.29) is 10.7 Å². The van der Waals surface area contributed by atoms with Crippen molar-refractivity contribution in [3.8, 4) is 0 Å². The van der Waals surface area contributed by atoms with Crippen molar-refractivity contribution in [1.29, 1.82) is 0 Å². The van der Waals surface area contributed by atoms with Gasteiger partial charge in [0.05, 0.1) is 15.7 Å². The fourth-order valence-electron chi connectivity index (χ4n) is 1.85. The molecule has 2 N–H and O–H groups in total. The molecule has 0 heterocycles. The van der Waals surface area contributed by atoms with E-state index in [9.17, 15) is 9.59 Å². The van der Waals surface area contributed by atoms with E-state index in [0.717, 1.165) is 31.4 Å². The number of nitrogens with zero attached hydrogens (tertiary/aromatic N) is 1. The standard InChI is InChI=1S/C13H13Cl2N3O2/c14-9-6-3-7-10(11(9)15)16-12(19)13(20)18-17-8-4-1-2-5-8/h3,6-7H,1-2,4-5H2,(H,16,19)(H,18,20). The molecule has 0 unspecified atom stereocenters. The summed E-state index contributed by atoms with van der Waals surface area (Å²) >= 11 is 11.7. The first-order chi connectivity index (χ1) is 9.58. The van der Waals surface area contributed by atoms with Crippen molar-refractivity contribution in [2.45, 2.75) is 25.7 Å². The van der Waals surface area contributed by atoms with Gasteiger partial charge in [0, 0.05) is 5.71 Å². The highest BCUT2D eigenvalue weighted by atomic mass is 35.5. The Balaban J connectivity index is 1.95. The normalized spacial score (nSPS) is 14.0. The summed E-state index contributed by atoms with van der Waals surface area (Å²) in [5.74, 6) is -1.67. The van der Waals surface area contributed by atoms with Crippen molar-refractivity contribution in [1.82, 2.24) is 5.43 Å². The number of hydrogen-bond donors (Lipinski definition) is 2. The van der Waals surface area contributed by atoms with Gasteiger partial charge >= 0.3 is 11.8 Å². The summed E-state index contributed by atoms with van der Waals surface area (Å²) < 4.78 is 0. The monoisotopic (exact) mass is 313 g/mol. The molecule has 0 aliphatic heterocycles. The third-order valence-corrected chi connectivity index (χ3v) is 3.72. The van der Waals surface area contributed by atoms with E-state index in [1.807, 2.05) is 0 Å². The highest BCUT2D eigenvalue weighted by molar-refractivity contribution is 6.45. The predicted octanol–water partition coefficient (Wildman–Crippen LogP) is 2.98. The molecule has 1 aromatic rings. The number of halogens is 2. The van der Waals surface area contributed by atoms with Crippen LogP contribution in [0.2, 0.25) is 10.0 Å². The average Bonchev–Trinajstić information content (AvgIpc) is 2.94. The molecule has 5 nitrogen and oxygen atoms in total. The van der Waals surface area contributed by atoms with Gasteiger partial charge in [-0.2, -0.15) is 5.10 Å². The highest BCUT2D eigenvalue weighted by Gasteiger charge is 2.16. The Labute approximate surface area is 126 Å². The van der Waals surface area contributed by atoms with Crippen LogP contribution in [0, 0.1) is 0 Å². The predicted molar refractivity (Wildman–Crippen MR) is 79.1 cm³/mol. The summed E-state index contributed by atoms with van der Waals surface area (Å²) in [5.41, 5.74) is 3.43. The van der Waals surface area contributed by atoms with Crippen molar-refractivity contribution in [2.75, 3.05) is 5.32 Å². The molecule has 1 saturated carbocycles. The fraction of sp³-hybridized carbons (Fsp3) is 0.308. The Bertz CT molecular complexity index is 565. The van der Waals surface area contributed by atoms with Crippen LogP contribution in [0.3, 0.4) is 0 Å². The maximum Gasteiger partial charge on any atom is 0.329 e. The van der Waals surface area contributed by atoms with Gasteiger partial charge in [0.1, 0.15) is 0 Å². The van der Waals surface area contributed by atoms with Crippen LogP contribution in [0.1, 0.15) is 25.7 Å². The molecule has 1 aliphatic carbocycles. The smallest absolute Gasteiger partial charge is 0.316 e. The number of hydrogen-bond acceptors (Lipinski definition) is 3. The Kier molecular flexibility index (Phi) is 4.98. The van der Waals surface area contributed by atoms with E-state index in [0.29, 0.717) is 5.02 Å². The molecule has 2 amide bonds. The molecule has 2 rings (SSSR count). The fourth-order valence-corrected chi connectivity index (χ4v) is 2.20. The van der Waals surface area contributed by atoms with Gasteiger partial charge in [-0.05, 0) is 37.8 Å². The molecule has 0 aromatic heterocycles. The Morgan fingerprint density at radius 3 is 2.50 bits per heavy atom. The number of carbonyl (C=O) groups excluding carboxylic acids is 2. The highest BCUT2D eigenvalue weighted by Crippen LogP contribution is 2.29. The number of hydrazone groups is 1. The van der Waals surface area contributed by atoms with Crippen molar-refractivity contribution >= 4 is 46.4 Å². The number of rotatable bonds is 2. The van der Waals surface area contributed by atoms with Gasteiger partial charge in [-0.15, -0.1) is 0 Å². The lowest BCUT2D eigenvalue weighted by atomic mass is 10.3. The van der Waals surface area contributed by atoms with Crippen LogP contribution in [-0.2, 0) is 9.59 Å². The second-order valence-corrected chi connectivity index (χ2v) is 5.17. The SMILES string of the molecule is O=C(NN=C1CCCC1)C(=O)Nc1cccc(Cl)c1Cl. The van der Waals surface area contributed by atoms with Gasteiger partial charge in [-0.25, -0.2) is 5.43 Å². The molecule has 0 radical (unpaired) electrons. The first-order valence-corrected chi connectivity index (χ1v) is 6.94. The quantitative estimate of drug-likeness (QED) is 0.651. The topological polar surface area (TPSA) is 70.6 Å². The van der Waals surface area contributed by atoms with Crippen LogP contribution in [0.4, 0.5) is 5.69 Å². The molecule has 0 saturated heterocycles. The van der Waals surface area contributed by atoms with Gasteiger partial charge < -0.3 is 5.32 Å². The van der Waals surface area contributed by atoms with Crippen molar-refractivity contribution in [3.05, 3.63) is 28.2 Å². The van der Waals surface area contributed by atoms with E-state index in [1.54, 1.807) is 18.2 Å². The number of anilines is 1. The summed E-state index contributed by atoms with van der Waals surface area (Å²) in [7, 11) is 0. The summed E-state index contributed by atoms with van der Waals surface area (Å²) in [5, 5.41) is 6.81. The second kappa shape index (κ2) is 6.72. The maximum atomic E-state index is 11.7. The molecule has 1 fully saturated rings. The van der Waals surface area contributed by atoms with Crippen LogP contribution in [0.15, 0.2) is 23.3 Å². The lowest BCUT2D eigenvalue weighted by Gasteiger charge is -2.07. The van der Waals surface area contributed by atoms with Crippen molar-refractivity contribution in [3.63, 3.8) is 0 Å². The first kappa shape index (κ1) is 14.8. The number of carbonyl (C=O) groups is 2. The number of nitrogens with one attached hydrogen (secondary N) is 2. The van der Waals surface area contributed by atoms with Crippen molar-refractivity contribution < 1.29 is 9.59 Å². The van der Waals surface area contributed by atoms with Crippen LogP contribution >= 0.6 is 23.2 Å². The Morgan fingerprint density at radius 1 is 1.10 bits per heavy atom. The van der Waals surface area contributed by atoms with Gasteiger partial charge in [0.15, 0.2) is 0 Å². The number of amides is 2. The zero-order chi connectivity index (χ0) is 14.5. The second-order valence-electron chi connectivity index (χ2n) is 4.38. The summed E-state index contributed by atoms with van der Waals surface area (Å²) in [6.45, 7) is 0. The summed E-state index contributed by atoms with van der Waals surface area (Å²) in [4.78, 5) is 23.3. The Hall–Kier alpha value is -1.59. The minimum Gasteiger partial charge on any atom is -0.316 e. The van der Waals surface area contributed by atoms with E-state index >= 15 is 0 Å². The van der Waals surface area contributed by atoms with Crippen LogP contribution < -0.4 is 10.7 Å². The van der Waals surface area contributed by atoms with Gasteiger partial charge in [0.25, 0.3) is 0 Å². The summed E-state index contributed by atoms with van der Waals surface area (Å²) in [6.07, 6.45) is 3.86. The zero-order valence-corrected chi connectivity index (χ0v) is 12.1.